The number of anilines is 1. The molecule has 0 bridgehead atoms. The van der Waals surface area contributed by atoms with E-state index >= 15 is 0 Å². The molecule has 0 atom stereocenters. The second kappa shape index (κ2) is 6.61. The number of nitrogens with zero attached hydrogens (tertiary/aromatic N) is 2. The van der Waals surface area contributed by atoms with Gasteiger partial charge in [-0.05, 0) is 34.5 Å². The van der Waals surface area contributed by atoms with Crippen LogP contribution in [0.5, 0.6) is 5.75 Å². The molecule has 1 aromatic heterocycles. The Hall–Kier alpha value is -1.49. The first kappa shape index (κ1) is 13.9. The zero-order chi connectivity index (χ0) is 13.7. The molecule has 0 saturated carbocycles. The normalized spacial score (nSPS) is 10.5. The summed E-state index contributed by atoms with van der Waals surface area (Å²) >= 11 is 3.53. The van der Waals surface area contributed by atoms with Crippen molar-refractivity contribution in [3.8, 4) is 5.75 Å². The van der Waals surface area contributed by atoms with Gasteiger partial charge >= 0.3 is 0 Å². The molecule has 0 radical (unpaired) electrons. The smallest absolute Gasteiger partial charge is 0.121 e. The van der Waals surface area contributed by atoms with Gasteiger partial charge in [0.25, 0.3) is 0 Å². The van der Waals surface area contributed by atoms with Gasteiger partial charge in [-0.3, -0.25) is 0 Å². The number of methoxy groups -OCH3 is 1. The zero-order valence-electron chi connectivity index (χ0n) is 11.2. The Morgan fingerprint density at radius 2 is 2.26 bits per heavy atom. The van der Waals surface area contributed by atoms with Crippen molar-refractivity contribution in [2.24, 2.45) is 0 Å². The van der Waals surface area contributed by atoms with Gasteiger partial charge in [0.2, 0.25) is 0 Å². The Bertz CT molecular complexity index is 539. The Kier molecular flexibility index (Phi) is 4.85. The van der Waals surface area contributed by atoms with Gasteiger partial charge in [-0.25, -0.2) is 4.98 Å². The molecular formula is C14H18BrN3O. The van der Waals surface area contributed by atoms with Gasteiger partial charge in [0.15, 0.2) is 0 Å². The third-order valence-electron chi connectivity index (χ3n) is 2.90. The minimum atomic E-state index is 0.742. The number of nitrogens with one attached hydrogen (secondary N) is 1. The first-order valence-electron chi connectivity index (χ1n) is 6.31. The number of imidazole rings is 1. The van der Waals surface area contributed by atoms with Crippen LogP contribution in [0.25, 0.3) is 0 Å². The summed E-state index contributed by atoms with van der Waals surface area (Å²) in [5.41, 5.74) is 2.19. The predicted molar refractivity (Wildman–Crippen MR) is 80.5 cm³/mol. The molecular weight excluding hydrogens is 306 g/mol. The summed E-state index contributed by atoms with van der Waals surface area (Å²) < 4.78 is 8.42. The fraction of sp³-hybridized carbons (Fsp3) is 0.357. The second-order valence-electron chi connectivity index (χ2n) is 4.28. The molecule has 102 valence electrons. The summed E-state index contributed by atoms with van der Waals surface area (Å²) in [6.45, 7) is 3.90. The maximum atomic E-state index is 5.23. The van der Waals surface area contributed by atoms with Crippen LogP contribution in [0.1, 0.15) is 19.0 Å². The van der Waals surface area contributed by atoms with Gasteiger partial charge in [0.05, 0.1) is 31.4 Å². The van der Waals surface area contributed by atoms with E-state index in [0.717, 1.165) is 35.4 Å². The number of benzene rings is 1. The molecule has 0 aliphatic rings. The van der Waals surface area contributed by atoms with Crippen molar-refractivity contribution < 1.29 is 4.74 Å². The second-order valence-corrected chi connectivity index (χ2v) is 5.13. The molecule has 5 heteroatoms. The van der Waals surface area contributed by atoms with Crippen LogP contribution >= 0.6 is 15.9 Å². The van der Waals surface area contributed by atoms with Gasteiger partial charge in [0, 0.05) is 23.3 Å². The standard InChI is InChI=1S/C14H18BrN3O/c1-3-6-18-10-16-8-11(18)9-17-14-7-12(19-2)4-5-13(14)15/h4-5,7-8,10,17H,3,6,9H2,1-2H3. The van der Waals surface area contributed by atoms with Crippen molar-refractivity contribution in [2.45, 2.75) is 26.4 Å². The summed E-state index contributed by atoms with van der Waals surface area (Å²) in [4.78, 5) is 4.20. The van der Waals surface area contributed by atoms with E-state index in [1.807, 2.05) is 30.7 Å². The first-order chi connectivity index (χ1) is 9.24. The molecule has 4 nitrogen and oxygen atoms in total. The predicted octanol–water partition coefficient (Wildman–Crippen LogP) is 3.68. The molecule has 0 aliphatic carbocycles. The lowest BCUT2D eigenvalue weighted by Gasteiger charge is -2.11. The van der Waals surface area contributed by atoms with Crippen LogP contribution in [0.4, 0.5) is 5.69 Å². The fourth-order valence-electron chi connectivity index (χ4n) is 1.89. The summed E-state index contributed by atoms with van der Waals surface area (Å²) in [5.74, 6) is 0.841. The van der Waals surface area contributed by atoms with Gasteiger partial charge in [-0.15, -0.1) is 0 Å². The van der Waals surface area contributed by atoms with Crippen molar-refractivity contribution in [1.29, 1.82) is 0 Å². The Labute approximate surface area is 121 Å². The lowest BCUT2D eigenvalue weighted by molar-refractivity contribution is 0.415. The van der Waals surface area contributed by atoms with Crippen LogP contribution in [0, 0.1) is 0 Å². The van der Waals surface area contributed by atoms with E-state index in [0.29, 0.717) is 0 Å². The minimum Gasteiger partial charge on any atom is -0.497 e. The molecule has 1 heterocycles. The van der Waals surface area contributed by atoms with E-state index in [-0.39, 0.29) is 0 Å². The Balaban J connectivity index is 2.07. The Morgan fingerprint density at radius 1 is 1.42 bits per heavy atom. The van der Waals surface area contributed by atoms with Crippen LogP contribution < -0.4 is 10.1 Å². The Morgan fingerprint density at radius 3 is 3.00 bits per heavy atom. The SMILES string of the molecule is CCCn1cncc1CNc1cc(OC)ccc1Br. The number of hydrogen-bond donors (Lipinski definition) is 1. The van der Waals surface area contributed by atoms with E-state index in [4.69, 9.17) is 4.74 Å². The molecule has 1 N–H and O–H groups in total. The van der Waals surface area contributed by atoms with Crippen molar-refractivity contribution in [1.82, 2.24) is 9.55 Å². The molecule has 0 unspecified atom stereocenters. The molecule has 0 aliphatic heterocycles. The molecule has 2 rings (SSSR count). The maximum absolute atomic E-state index is 5.23. The summed E-state index contributed by atoms with van der Waals surface area (Å²) in [6, 6.07) is 5.88. The molecule has 0 spiro atoms. The average molecular weight is 324 g/mol. The van der Waals surface area contributed by atoms with Crippen molar-refractivity contribution in [2.75, 3.05) is 12.4 Å². The number of aromatic nitrogens is 2. The van der Waals surface area contributed by atoms with Crippen LogP contribution in [-0.2, 0) is 13.1 Å². The molecule has 1 aromatic carbocycles. The van der Waals surface area contributed by atoms with Crippen LogP contribution in [0.3, 0.4) is 0 Å². The molecule has 19 heavy (non-hydrogen) atoms. The topological polar surface area (TPSA) is 39.1 Å². The van der Waals surface area contributed by atoms with E-state index in [1.54, 1.807) is 7.11 Å². The van der Waals surface area contributed by atoms with E-state index < -0.39 is 0 Å². The third kappa shape index (κ3) is 3.50. The maximum Gasteiger partial charge on any atom is 0.121 e. The number of aryl methyl sites for hydroxylation is 1. The summed E-state index contributed by atoms with van der Waals surface area (Å²) in [5, 5.41) is 3.40. The van der Waals surface area contributed by atoms with Gasteiger partial charge in [-0.1, -0.05) is 6.92 Å². The highest BCUT2D eigenvalue weighted by Gasteiger charge is 2.04. The molecule has 0 saturated heterocycles. The highest BCUT2D eigenvalue weighted by Crippen LogP contribution is 2.27. The summed E-state index contributed by atoms with van der Waals surface area (Å²) in [7, 11) is 1.67. The van der Waals surface area contributed by atoms with E-state index in [1.165, 1.54) is 5.69 Å². The lowest BCUT2D eigenvalue weighted by Crippen LogP contribution is -2.07. The van der Waals surface area contributed by atoms with E-state index in [9.17, 15) is 0 Å². The minimum absolute atomic E-state index is 0.742. The summed E-state index contributed by atoms with van der Waals surface area (Å²) in [6.07, 6.45) is 4.88. The highest BCUT2D eigenvalue weighted by atomic mass is 79.9. The first-order valence-corrected chi connectivity index (χ1v) is 7.10. The van der Waals surface area contributed by atoms with Crippen LogP contribution in [-0.4, -0.2) is 16.7 Å². The van der Waals surface area contributed by atoms with Gasteiger partial charge in [0.1, 0.15) is 5.75 Å². The number of rotatable bonds is 6. The zero-order valence-corrected chi connectivity index (χ0v) is 12.8. The van der Waals surface area contributed by atoms with Gasteiger partial charge < -0.3 is 14.6 Å². The number of halogens is 1. The largest absolute Gasteiger partial charge is 0.497 e. The molecule has 2 aromatic rings. The van der Waals surface area contributed by atoms with Crippen molar-refractivity contribution in [3.05, 3.63) is 40.9 Å². The monoisotopic (exact) mass is 323 g/mol. The molecule has 0 amide bonds. The van der Waals surface area contributed by atoms with Crippen LogP contribution in [0.15, 0.2) is 35.2 Å². The van der Waals surface area contributed by atoms with Crippen LogP contribution in [0.2, 0.25) is 0 Å². The van der Waals surface area contributed by atoms with Gasteiger partial charge in [-0.2, -0.15) is 0 Å². The average Bonchev–Trinajstić information content (AvgIpc) is 2.86. The van der Waals surface area contributed by atoms with Crippen molar-refractivity contribution >= 4 is 21.6 Å². The quantitative estimate of drug-likeness (QED) is 0.881. The number of hydrogen-bond acceptors (Lipinski definition) is 3. The highest BCUT2D eigenvalue weighted by molar-refractivity contribution is 9.10. The fourth-order valence-corrected chi connectivity index (χ4v) is 2.28. The lowest BCUT2D eigenvalue weighted by atomic mass is 10.3. The van der Waals surface area contributed by atoms with Crippen molar-refractivity contribution in [3.63, 3.8) is 0 Å². The molecule has 0 fully saturated rings. The third-order valence-corrected chi connectivity index (χ3v) is 3.59. The van der Waals surface area contributed by atoms with E-state index in [2.05, 4.69) is 37.7 Å². The number of ether oxygens (including phenoxy) is 1.